The summed E-state index contributed by atoms with van der Waals surface area (Å²) in [5.41, 5.74) is 0.396. The first-order valence-corrected chi connectivity index (χ1v) is 7.93. The summed E-state index contributed by atoms with van der Waals surface area (Å²) in [7, 11) is 0. The smallest absolute Gasteiger partial charge is 0.219 e. The molecule has 1 N–H and O–H groups in total. The highest BCUT2D eigenvalue weighted by atomic mass is 16.2. The summed E-state index contributed by atoms with van der Waals surface area (Å²) in [4.78, 5) is 13.2. The van der Waals surface area contributed by atoms with E-state index >= 15 is 0 Å². The van der Waals surface area contributed by atoms with Gasteiger partial charge in [0.05, 0.1) is 0 Å². The van der Waals surface area contributed by atoms with Crippen LogP contribution in [0.2, 0.25) is 0 Å². The van der Waals surface area contributed by atoms with E-state index in [0.717, 1.165) is 32.5 Å². The second-order valence-electron chi connectivity index (χ2n) is 6.78. The predicted molar refractivity (Wildman–Crippen MR) is 81.2 cm³/mol. The van der Waals surface area contributed by atoms with Gasteiger partial charge in [-0.05, 0) is 24.7 Å². The van der Waals surface area contributed by atoms with Gasteiger partial charge in [-0.2, -0.15) is 0 Å². The third-order valence-corrected chi connectivity index (χ3v) is 4.27. The van der Waals surface area contributed by atoms with E-state index in [1.807, 2.05) is 4.90 Å². The lowest BCUT2D eigenvalue weighted by Gasteiger charge is -2.34. The maximum absolute atomic E-state index is 11.3. The molecule has 1 rings (SSSR count). The SMILES string of the molecule is CCCCCC(C)(C)CNC1CCN(C(C)=O)CC1. The Hall–Kier alpha value is -0.570. The molecular weight excluding hydrogens is 236 g/mol. The van der Waals surface area contributed by atoms with E-state index in [2.05, 4.69) is 26.1 Å². The van der Waals surface area contributed by atoms with Gasteiger partial charge in [0.1, 0.15) is 0 Å². The van der Waals surface area contributed by atoms with Gasteiger partial charge in [-0.15, -0.1) is 0 Å². The Balaban J connectivity index is 2.20. The largest absolute Gasteiger partial charge is 0.343 e. The maximum Gasteiger partial charge on any atom is 0.219 e. The molecule has 19 heavy (non-hydrogen) atoms. The number of carbonyl (C=O) groups is 1. The number of rotatable bonds is 7. The first-order valence-electron chi connectivity index (χ1n) is 7.93. The minimum Gasteiger partial charge on any atom is -0.343 e. The van der Waals surface area contributed by atoms with E-state index in [9.17, 15) is 4.79 Å². The third-order valence-electron chi connectivity index (χ3n) is 4.27. The summed E-state index contributed by atoms with van der Waals surface area (Å²) in [6, 6.07) is 0.598. The standard InChI is InChI=1S/C16H32N2O/c1-5-6-7-10-16(3,4)13-17-15-8-11-18(12-9-15)14(2)19/h15,17H,5-13H2,1-4H3. The summed E-state index contributed by atoms with van der Waals surface area (Å²) in [6.45, 7) is 11.6. The zero-order valence-corrected chi connectivity index (χ0v) is 13.3. The second kappa shape index (κ2) is 7.88. The van der Waals surface area contributed by atoms with E-state index in [1.54, 1.807) is 6.92 Å². The van der Waals surface area contributed by atoms with E-state index in [0.29, 0.717) is 11.5 Å². The van der Waals surface area contributed by atoms with Gasteiger partial charge in [0.25, 0.3) is 0 Å². The van der Waals surface area contributed by atoms with Crippen molar-refractivity contribution in [2.75, 3.05) is 19.6 Å². The molecule has 1 fully saturated rings. The molecule has 0 aromatic carbocycles. The topological polar surface area (TPSA) is 32.3 Å². The molecule has 0 radical (unpaired) electrons. The van der Waals surface area contributed by atoms with Crippen molar-refractivity contribution in [2.45, 2.75) is 72.3 Å². The lowest BCUT2D eigenvalue weighted by Crippen LogP contribution is -2.46. The molecule has 1 aliphatic heterocycles. The lowest BCUT2D eigenvalue weighted by atomic mass is 9.86. The van der Waals surface area contributed by atoms with Crippen LogP contribution in [-0.2, 0) is 4.79 Å². The minimum atomic E-state index is 0.221. The van der Waals surface area contributed by atoms with Crippen molar-refractivity contribution in [1.29, 1.82) is 0 Å². The fourth-order valence-corrected chi connectivity index (χ4v) is 2.76. The molecular formula is C16H32N2O. The first kappa shape index (κ1) is 16.5. The fourth-order valence-electron chi connectivity index (χ4n) is 2.76. The minimum absolute atomic E-state index is 0.221. The van der Waals surface area contributed by atoms with Crippen molar-refractivity contribution in [3.8, 4) is 0 Å². The van der Waals surface area contributed by atoms with Gasteiger partial charge < -0.3 is 10.2 Å². The van der Waals surface area contributed by atoms with Crippen LogP contribution < -0.4 is 5.32 Å². The van der Waals surface area contributed by atoms with Crippen LogP contribution in [-0.4, -0.2) is 36.5 Å². The summed E-state index contributed by atoms with van der Waals surface area (Å²) in [5.74, 6) is 0.221. The van der Waals surface area contributed by atoms with Crippen LogP contribution in [0.5, 0.6) is 0 Å². The summed E-state index contributed by atoms with van der Waals surface area (Å²) < 4.78 is 0. The maximum atomic E-state index is 11.3. The van der Waals surface area contributed by atoms with Crippen LogP contribution in [0, 0.1) is 5.41 Å². The number of hydrogen-bond donors (Lipinski definition) is 1. The molecule has 1 saturated heterocycles. The Kier molecular flexibility index (Phi) is 6.84. The normalized spacial score (nSPS) is 17.8. The lowest BCUT2D eigenvalue weighted by molar-refractivity contribution is -0.129. The summed E-state index contributed by atoms with van der Waals surface area (Å²) in [5, 5.41) is 3.71. The predicted octanol–water partition coefficient (Wildman–Crippen LogP) is 3.19. The molecule has 3 nitrogen and oxygen atoms in total. The van der Waals surface area contributed by atoms with E-state index in [1.165, 1.54) is 25.7 Å². The van der Waals surface area contributed by atoms with E-state index in [-0.39, 0.29) is 5.91 Å². The zero-order chi connectivity index (χ0) is 14.3. The van der Waals surface area contributed by atoms with Crippen molar-refractivity contribution < 1.29 is 4.79 Å². The Morgan fingerprint density at radius 2 is 1.89 bits per heavy atom. The summed E-state index contributed by atoms with van der Waals surface area (Å²) >= 11 is 0. The average Bonchev–Trinajstić information content (AvgIpc) is 2.37. The molecule has 0 unspecified atom stereocenters. The van der Waals surface area contributed by atoms with Crippen LogP contribution in [0.3, 0.4) is 0 Å². The number of hydrogen-bond acceptors (Lipinski definition) is 2. The molecule has 1 heterocycles. The monoisotopic (exact) mass is 268 g/mol. The fraction of sp³-hybridized carbons (Fsp3) is 0.938. The van der Waals surface area contributed by atoms with Crippen molar-refractivity contribution in [3.05, 3.63) is 0 Å². The second-order valence-corrected chi connectivity index (χ2v) is 6.78. The van der Waals surface area contributed by atoms with E-state index < -0.39 is 0 Å². The van der Waals surface area contributed by atoms with Crippen molar-refractivity contribution in [2.24, 2.45) is 5.41 Å². The molecule has 1 aliphatic rings. The molecule has 0 saturated carbocycles. The first-order chi connectivity index (χ1) is 8.94. The van der Waals surface area contributed by atoms with Crippen molar-refractivity contribution in [1.82, 2.24) is 10.2 Å². The molecule has 0 spiro atoms. The van der Waals surface area contributed by atoms with Gasteiger partial charge >= 0.3 is 0 Å². The van der Waals surface area contributed by atoms with Gasteiger partial charge in [-0.3, -0.25) is 4.79 Å². The Morgan fingerprint density at radius 1 is 1.26 bits per heavy atom. The highest BCUT2D eigenvalue weighted by Gasteiger charge is 2.23. The third kappa shape index (κ3) is 6.42. The molecule has 112 valence electrons. The van der Waals surface area contributed by atoms with Crippen molar-refractivity contribution >= 4 is 5.91 Å². The average molecular weight is 268 g/mol. The van der Waals surface area contributed by atoms with Gasteiger partial charge in [0.2, 0.25) is 5.91 Å². The number of nitrogens with one attached hydrogen (secondary N) is 1. The number of nitrogens with zero attached hydrogens (tertiary/aromatic N) is 1. The molecule has 0 aliphatic carbocycles. The molecule has 1 amide bonds. The van der Waals surface area contributed by atoms with Crippen LogP contribution in [0.15, 0.2) is 0 Å². The highest BCUT2D eigenvalue weighted by Crippen LogP contribution is 2.23. The number of unbranched alkanes of at least 4 members (excludes halogenated alkanes) is 2. The quantitative estimate of drug-likeness (QED) is 0.719. The van der Waals surface area contributed by atoms with Crippen molar-refractivity contribution in [3.63, 3.8) is 0 Å². The number of likely N-dealkylation sites (tertiary alicyclic amines) is 1. The zero-order valence-electron chi connectivity index (χ0n) is 13.3. The molecule has 0 aromatic rings. The number of carbonyl (C=O) groups excluding carboxylic acids is 1. The van der Waals surface area contributed by atoms with Gasteiger partial charge in [0, 0.05) is 32.6 Å². The van der Waals surface area contributed by atoms with Gasteiger partial charge in [-0.1, -0.05) is 40.0 Å². The van der Waals surface area contributed by atoms with Crippen LogP contribution in [0.1, 0.15) is 66.2 Å². The Bertz CT molecular complexity index is 268. The van der Waals surface area contributed by atoms with Crippen LogP contribution in [0.4, 0.5) is 0 Å². The molecule has 0 atom stereocenters. The van der Waals surface area contributed by atoms with Crippen LogP contribution in [0.25, 0.3) is 0 Å². The van der Waals surface area contributed by atoms with Crippen LogP contribution >= 0.6 is 0 Å². The Labute approximate surface area is 119 Å². The Morgan fingerprint density at radius 3 is 2.42 bits per heavy atom. The summed E-state index contributed by atoms with van der Waals surface area (Å²) in [6.07, 6.45) is 7.50. The van der Waals surface area contributed by atoms with Gasteiger partial charge in [0.15, 0.2) is 0 Å². The number of amides is 1. The number of piperidine rings is 1. The highest BCUT2D eigenvalue weighted by molar-refractivity contribution is 5.73. The molecule has 0 bridgehead atoms. The van der Waals surface area contributed by atoms with Gasteiger partial charge in [-0.25, -0.2) is 0 Å². The molecule has 0 aromatic heterocycles. The molecule has 3 heteroatoms. The van der Waals surface area contributed by atoms with E-state index in [4.69, 9.17) is 0 Å².